The average Bonchev–Trinajstić information content (AvgIpc) is 2.88. The molecule has 0 bridgehead atoms. The van der Waals surface area contributed by atoms with Gasteiger partial charge in [-0.25, -0.2) is 13.1 Å². The van der Waals surface area contributed by atoms with Crippen LogP contribution < -0.4 is 10.0 Å². The number of hydrogen-bond donors (Lipinski definition) is 3. The monoisotopic (exact) mass is 493 g/mol. The zero-order chi connectivity index (χ0) is 24.8. The zero-order valence-electron chi connectivity index (χ0n) is 19.7. The summed E-state index contributed by atoms with van der Waals surface area (Å²) in [4.78, 5) is 17.2. The predicted octanol–water partition coefficient (Wildman–Crippen LogP) is 3.74. The van der Waals surface area contributed by atoms with Crippen LogP contribution in [0.2, 0.25) is 0 Å². The van der Waals surface area contributed by atoms with Gasteiger partial charge in [-0.15, -0.1) is 0 Å². The molecule has 1 atom stereocenters. The summed E-state index contributed by atoms with van der Waals surface area (Å²) in [5.41, 5.74) is 3.74. The molecule has 3 N–H and O–H groups in total. The largest absolute Gasteiger partial charge is 0.394 e. The Kier molecular flexibility index (Phi) is 7.95. The van der Waals surface area contributed by atoms with Gasteiger partial charge in [-0.1, -0.05) is 42.5 Å². The first-order chi connectivity index (χ1) is 16.9. The summed E-state index contributed by atoms with van der Waals surface area (Å²) in [7, 11) is -3.66. The summed E-state index contributed by atoms with van der Waals surface area (Å²) in [5, 5.41) is 12.6. The highest BCUT2D eigenvalue weighted by Crippen LogP contribution is 2.27. The molecular formula is C27H31N3O4S. The molecule has 0 radical (unpaired) electrons. The van der Waals surface area contributed by atoms with Gasteiger partial charge in [-0.3, -0.25) is 9.78 Å². The van der Waals surface area contributed by atoms with Gasteiger partial charge in [-0.05, 0) is 67.5 Å². The molecule has 1 aliphatic rings. The summed E-state index contributed by atoms with van der Waals surface area (Å²) in [6, 6.07) is 17.5. The molecule has 1 fully saturated rings. The van der Waals surface area contributed by atoms with Crippen molar-refractivity contribution in [3.8, 4) is 11.1 Å². The Morgan fingerprint density at radius 3 is 2.31 bits per heavy atom. The van der Waals surface area contributed by atoms with Crippen LogP contribution in [0.5, 0.6) is 0 Å². The fourth-order valence-corrected chi connectivity index (χ4v) is 5.81. The highest BCUT2D eigenvalue weighted by molar-refractivity contribution is 7.89. The van der Waals surface area contributed by atoms with Crippen molar-refractivity contribution in [3.05, 3.63) is 84.2 Å². The molecule has 4 rings (SSSR count). The highest BCUT2D eigenvalue weighted by atomic mass is 32.2. The minimum absolute atomic E-state index is 0.101. The van der Waals surface area contributed by atoms with Crippen LogP contribution in [-0.2, 0) is 14.8 Å². The van der Waals surface area contributed by atoms with Gasteiger partial charge in [-0.2, -0.15) is 0 Å². The number of nitrogens with zero attached hydrogens (tertiary/aromatic N) is 1. The lowest BCUT2D eigenvalue weighted by molar-refractivity contribution is -0.127. The summed E-state index contributed by atoms with van der Waals surface area (Å²) in [5.74, 6) is -0.300. The summed E-state index contributed by atoms with van der Waals surface area (Å²) in [6.07, 6.45) is 5.88. The number of aromatic nitrogens is 1. The van der Waals surface area contributed by atoms with Crippen molar-refractivity contribution < 1.29 is 18.3 Å². The Labute approximate surface area is 206 Å². The first-order valence-electron chi connectivity index (χ1n) is 11.9. The molecule has 2 aromatic carbocycles. The molecule has 8 heteroatoms. The SMILES string of the molecule is Cc1cncc(-c2ccc(S(=O)(=O)N[C@H]3CC[C@H](C(=O)N[C@H](CO)c4ccccc4)CC3)cc2)c1. The number of aliphatic hydroxyl groups excluding tert-OH is 1. The molecule has 0 unspecified atom stereocenters. The number of aliphatic hydroxyl groups is 1. The number of nitrogens with one attached hydrogen (secondary N) is 2. The fraction of sp³-hybridized carbons (Fsp3) is 0.333. The molecule has 0 spiro atoms. The van der Waals surface area contributed by atoms with E-state index in [4.69, 9.17) is 0 Å². The van der Waals surface area contributed by atoms with Gasteiger partial charge >= 0.3 is 0 Å². The fourth-order valence-electron chi connectivity index (χ4n) is 4.51. The normalized spacial score (nSPS) is 19.1. The average molecular weight is 494 g/mol. The topological polar surface area (TPSA) is 108 Å². The van der Waals surface area contributed by atoms with Crippen LogP contribution in [0.4, 0.5) is 0 Å². The molecule has 7 nitrogen and oxygen atoms in total. The van der Waals surface area contributed by atoms with E-state index in [9.17, 15) is 18.3 Å². The maximum absolute atomic E-state index is 12.9. The lowest BCUT2D eigenvalue weighted by Gasteiger charge is -2.29. The van der Waals surface area contributed by atoms with Gasteiger partial charge in [0.2, 0.25) is 15.9 Å². The van der Waals surface area contributed by atoms with Crippen LogP contribution in [0, 0.1) is 12.8 Å². The van der Waals surface area contributed by atoms with E-state index in [0.29, 0.717) is 25.7 Å². The van der Waals surface area contributed by atoms with Crippen LogP contribution in [0.25, 0.3) is 11.1 Å². The summed E-state index contributed by atoms with van der Waals surface area (Å²) in [6.45, 7) is 1.79. The number of hydrogen-bond acceptors (Lipinski definition) is 5. The van der Waals surface area contributed by atoms with Crippen molar-refractivity contribution in [2.75, 3.05) is 6.61 Å². The maximum atomic E-state index is 12.9. The molecule has 1 amide bonds. The van der Waals surface area contributed by atoms with Crippen molar-refractivity contribution >= 4 is 15.9 Å². The second kappa shape index (κ2) is 11.1. The number of aryl methyl sites for hydroxylation is 1. The van der Waals surface area contributed by atoms with Crippen molar-refractivity contribution in [1.82, 2.24) is 15.0 Å². The third-order valence-electron chi connectivity index (χ3n) is 6.49. The van der Waals surface area contributed by atoms with Gasteiger partial charge < -0.3 is 10.4 Å². The number of sulfonamides is 1. The minimum Gasteiger partial charge on any atom is -0.394 e. The van der Waals surface area contributed by atoms with E-state index in [2.05, 4.69) is 15.0 Å². The van der Waals surface area contributed by atoms with Crippen molar-refractivity contribution in [2.45, 2.75) is 49.6 Å². The molecule has 0 saturated heterocycles. The van der Waals surface area contributed by atoms with Gasteiger partial charge in [0.15, 0.2) is 0 Å². The van der Waals surface area contributed by atoms with Crippen LogP contribution in [-0.4, -0.2) is 37.1 Å². The van der Waals surface area contributed by atoms with Gasteiger partial charge in [0.25, 0.3) is 0 Å². The Bertz CT molecular complexity index is 1240. The lowest BCUT2D eigenvalue weighted by atomic mass is 9.85. The van der Waals surface area contributed by atoms with E-state index in [1.807, 2.05) is 43.3 Å². The molecule has 1 aliphatic carbocycles. The summed E-state index contributed by atoms with van der Waals surface area (Å²) < 4.78 is 28.7. The molecule has 35 heavy (non-hydrogen) atoms. The number of amides is 1. The number of rotatable bonds is 8. The van der Waals surface area contributed by atoms with E-state index < -0.39 is 16.1 Å². The number of pyridine rings is 1. The molecule has 1 saturated carbocycles. The Morgan fingerprint density at radius 2 is 1.69 bits per heavy atom. The first-order valence-corrected chi connectivity index (χ1v) is 13.3. The Morgan fingerprint density at radius 1 is 1.00 bits per heavy atom. The molecule has 0 aliphatic heterocycles. The Hall–Kier alpha value is -3.07. The van der Waals surface area contributed by atoms with Crippen LogP contribution in [0.15, 0.2) is 78.0 Å². The number of carbonyl (C=O) groups excluding carboxylic acids is 1. The molecule has 3 aromatic rings. The van der Waals surface area contributed by atoms with E-state index in [0.717, 1.165) is 22.3 Å². The van der Waals surface area contributed by atoms with Crippen LogP contribution in [0.3, 0.4) is 0 Å². The van der Waals surface area contributed by atoms with Crippen molar-refractivity contribution in [1.29, 1.82) is 0 Å². The number of carbonyl (C=O) groups is 1. The van der Waals surface area contributed by atoms with E-state index in [1.54, 1.807) is 36.7 Å². The quantitative estimate of drug-likeness (QED) is 0.443. The second-order valence-corrected chi connectivity index (χ2v) is 10.8. The van der Waals surface area contributed by atoms with Gasteiger partial charge in [0, 0.05) is 29.9 Å². The summed E-state index contributed by atoms with van der Waals surface area (Å²) >= 11 is 0. The Balaban J connectivity index is 1.32. The van der Waals surface area contributed by atoms with E-state index >= 15 is 0 Å². The second-order valence-electron chi connectivity index (χ2n) is 9.10. The van der Waals surface area contributed by atoms with E-state index in [-0.39, 0.29) is 29.4 Å². The van der Waals surface area contributed by atoms with Crippen LogP contribution >= 0.6 is 0 Å². The standard InChI is InChI=1S/C27H31N3O4S/c1-19-15-23(17-28-16-19)20-9-13-25(14-10-20)35(33,34)30-24-11-7-22(8-12-24)27(32)29-26(18-31)21-5-3-2-4-6-21/h2-6,9-10,13-17,22,24,26,30-31H,7-8,11-12,18H2,1H3,(H,29,32)/t22-,24-,26-/m1/s1. The maximum Gasteiger partial charge on any atom is 0.240 e. The zero-order valence-corrected chi connectivity index (χ0v) is 20.5. The molecule has 1 aromatic heterocycles. The third kappa shape index (κ3) is 6.33. The third-order valence-corrected chi connectivity index (χ3v) is 8.03. The smallest absolute Gasteiger partial charge is 0.240 e. The molecule has 184 valence electrons. The minimum atomic E-state index is -3.66. The lowest BCUT2D eigenvalue weighted by Crippen LogP contribution is -2.42. The predicted molar refractivity (Wildman–Crippen MR) is 135 cm³/mol. The van der Waals surface area contributed by atoms with Crippen molar-refractivity contribution in [2.24, 2.45) is 5.92 Å². The van der Waals surface area contributed by atoms with Crippen LogP contribution in [0.1, 0.15) is 42.9 Å². The molecular weight excluding hydrogens is 462 g/mol. The van der Waals surface area contributed by atoms with Gasteiger partial charge in [0.1, 0.15) is 0 Å². The van der Waals surface area contributed by atoms with Crippen molar-refractivity contribution in [3.63, 3.8) is 0 Å². The molecule has 1 heterocycles. The highest BCUT2D eigenvalue weighted by Gasteiger charge is 2.30. The number of benzene rings is 2. The first kappa shape index (κ1) is 25.0. The van der Waals surface area contributed by atoms with E-state index in [1.165, 1.54) is 0 Å². The van der Waals surface area contributed by atoms with Gasteiger partial charge in [0.05, 0.1) is 17.5 Å².